The molecule has 178 valence electrons. The largest absolute Gasteiger partial charge is 0.344 e. The van der Waals surface area contributed by atoms with Crippen LogP contribution in [0.25, 0.3) is 22.3 Å². The fourth-order valence-electron chi connectivity index (χ4n) is 4.53. The molecule has 0 atom stereocenters. The van der Waals surface area contributed by atoms with E-state index in [4.69, 9.17) is 23.2 Å². The summed E-state index contributed by atoms with van der Waals surface area (Å²) in [6, 6.07) is 21.9. The van der Waals surface area contributed by atoms with Gasteiger partial charge < -0.3 is 4.90 Å². The summed E-state index contributed by atoms with van der Waals surface area (Å²) in [4.78, 5) is 17.3. The smallest absolute Gasteiger partial charge is 0.320 e. The minimum atomic E-state index is -0.0853. The predicted molar refractivity (Wildman–Crippen MR) is 142 cm³/mol. The van der Waals surface area contributed by atoms with Gasteiger partial charge in [-0.1, -0.05) is 65.7 Å². The van der Waals surface area contributed by atoms with E-state index < -0.39 is 0 Å². The number of benzene rings is 3. The molecule has 1 saturated heterocycles. The van der Waals surface area contributed by atoms with E-state index in [9.17, 15) is 4.79 Å². The van der Waals surface area contributed by atoms with Crippen molar-refractivity contribution in [2.24, 2.45) is 0 Å². The van der Waals surface area contributed by atoms with Crippen molar-refractivity contribution in [1.82, 2.24) is 19.6 Å². The first-order valence-electron chi connectivity index (χ1n) is 11.6. The van der Waals surface area contributed by atoms with E-state index in [1.807, 2.05) is 59.6 Å². The first-order chi connectivity index (χ1) is 17.0. The number of nitrogens with zero attached hydrogens (tertiary/aromatic N) is 4. The Kier molecular flexibility index (Phi) is 6.91. The zero-order valence-corrected chi connectivity index (χ0v) is 21.0. The van der Waals surface area contributed by atoms with Crippen LogP contribution in [0, 0.1) is 6.92 Å². The van der Waals surface area contributed by atoms with Crippen LogP contribution in [0.15, 0.2) is 79.1 Å². The number of halogens is 2. The normalized spacial score (nSPS) is 14.3. The molecule has 5 rings (SSSR count). The van der Waals surface area contributed by atoms with E-state index in [0.29, 0.717) is 23.1 Å². The van der Waals surface area contributed by atoms with Gasteiger partial charge in [-0.15, -0.1) is 0 Å². The number of aryl methyl sites for hydroxylation is 1. The summed E-state index contributed by atoms with van der Waals surface area (Å²) >= 11 is 12.4. The molecule has 35 heavy (non-hydrogen) atoms. The average molecular weight is 505 g/mol. The fraction of sp³-hybridized carbons (Fsp3) is 0.214. The number of aromatic nitrogens is 2. The minimum Gasteiger partial charge on any atom is -0.320 e. The first kappa shape index (κ1) is 23.6. The molecule has 3 aromatic carbocycles. The molecule has 7 heteroatoms. The minimum absolute atomic E-state index is 0.0853. The summed E-state index contributed by atoms with van der Waals surface area (Å²) in [6.07, 6.45) is 3.58. The van der Waals surface area contributed by atoms with Crippen molar-refractivity contribution in [3.8, 4) is 22.3 Å². The third-order valence-electron chi connectivity index (χ3n) is 6.50. The molecule has 1 aromatic heterocycles. The number of rotatable bonds is 4. The Morgan fingerprint density at radius 1 is 0.857 bits per heavy atom. The third-order valence-corrected chi connectivity index (χ3v) is 6.99. The van der Waals surface area contributed by atoms with Gasteiger partial charge in [0.25, 0.3) is 0 Å². The molecule has 1 fully saturated rings. The van der Waals surface area contributed by atoms with Gasteiger partial charge >= 0.3 is 6.03 Å². The highest BCUT2D eigenvalue weighted by molar-refractivity contribution is 6.31. The Morgan fingerprint density at radius 3 is 2.31 bits per heavy atom. The van der Waals surface area contributed by atoms with Crippen molar-refractivity contribution >= 4 is 29.2 Å². The molecule has 2 heterocycles. The first-order valence-corrected chi connectivity index (χ1v) is 12.4. The zero-order chi connectivity index (χ0) is 24.4. The highest BCUT2D eigenvalue weighted by Crippen LogP contribution is 2.29. The second-order valence-corrected chi connectivity index (χ2v) is 9.72. The molecule has 0 spiro atoms. The molecule has 0 N–H and O–H groups in total. The van der Waals surface area contributed by atoms with E-state index in [2.05, 4.69) is 35.1 Å². The quantitative estimate of drug-likeness (QED) is 0.313. The van der Waals surface area contributed by atoms with Gasteiger partial charge in [-0.25, -0.2) is 4.79 Å². The number of amides is 1. The Hall–Kier alpha value is -3.12. The lowest BCUT2D eigenvalue weighted by atomic mass is 9.99. The van der Waals surface area contributed by atoms with Gasteiger partial charge in [0, 0.05) is 54.5 Å². The maximum atomic E-state index is 13.1. The second kappa shape index (κ2) is 10.2. The van der Waals surface area contributed by atoms with Gasteiger partial charge in [0.05, 0.1) is 6.20 Å². The van der Waals surface area contributed by atoms with Crippen LogP contribution in [0.4, 0.5) is 4.79 Å². The Labute approximate surface area is 215 Å². The average Bonchev–Trinajstić information content (AvgIpc) is 3.36. The summed E-state index contributed by atoms with van der Waals surface area (Å²) in [5.74, 6) is 0. The monoisotopic (exact) mass is 504 g/mol. The van der Waals surface area contributed by atoms with E-state index in [-0.39, 0.29) is 6.03 Å². The molecule has 0 unspecified atom stereocenters. The highest BCUT2D eigenvalue weighted by atomic mass is 35.5. The van der Waals surface area contributed by atoms with Gasteiger partial charge in [0.15, 0.2) is 0 Å². The lowest BCUT2D eigenvalue weighted by molar-refractivity contribution is 0.134. The number of carbonyl (C=O) groups excluding carboxylic acids is 1. The van der Waals surface area contributed by atoms with E-state index in [1.54, 1.807) is 6.20 Å². The summed E-state index contributed by atoms with van der Waals surface area (Å²) in [7, 11) is 0. The van der Waals surface area contributed by atoms with Crippen LogP contribution < -0.4 is 0 Å². The predicted octanol–water partition coefficient (Wildman–Crippen LogP) is 6.62. The van der Waals surface area contributed by atoms with Crippen LogP contribution in [0.1, 0.15) is 11.1 Å². The summed E-state index contributed by atoms with van der Waals surface area (Å²) in [5.41, 5.74) is 6.60. The maximum absolute atomic E-state index is 13.1. The van der Waals surface area contributed by atoms with Crippen LogP contribution in [-0.2, 0) is 6.54 Å². The van der Waals surface area contributed by atoms with Crippen molar-refractivity contribution in [2.45, 2.75) is 13.5 Å². The molecule has 0 bridgehead atoms. The number of hydrogen-bond donors (Lipinski definition) is 0. The molecule has 0 aliphatic carbocycles. The summed E-state index contributed by atoms with van der Waals surface area (Å²) in [6.45, 7) is 5.74. The number of hydrogen-bond acceptors (Lipinski definition) is 3. The zero-order valence-electron chi connectivity index (χ0n) is 19.5. The maximum Gasteiger partial charge on any atom is 0.344 e. The Morgan fingerprint density at radius 2 is 1.57 bits per heavy atom. The number of carbonyl (C=O) groups is 1. The van der Waals surface area contributed by atoms with Gasteiger partial charge in [-0.3, -0.25) is 4.90 Å². The summed E-state index contributed by atoms with van der Waals surface area (Å²) < 4.78 is 1.45. The molecule has 4 aromatic rings. The molecule has 1 aliphatic rings. The highest BCUT2D eigenvalue weighted by Gasteiger charge is 2.24. The third kappa shape index (κ3) is 5.27. The van der Waals surface area contributed by atoms with E-state index in [1.165, 1.54) is 10.2 Å². The van der Waals surface area contributed by atoms with Crippen LogP contribution in [0.5, 0.6) is 0 Å². The lowest BCUT2D eigenvalue weighted by Crippen LogP contribution is -2.49. The van der Waals surface area contributed by atoms with Crippen LogP contribution in [-0.4, -0.2) is 51.8 Å². The molecule has 0 radical (unpaired) electrons. The van der Waals surface area contributed by atoms with Crippen LogP contribution in [0.2, 0.25) is 10.0 Å². The van der Waals surface area contributed by atoms with Crippen LogP contribution in [0.3, 0.4) is 0 Å². The number of piperazine rings is 1. The van der Waals surface area contributed by atoms with E-state index >= 15 is 0 Å². The summed E-state index contributed by atoms with van der Waals surface area (Å²) in [5, 5.41) is 5.76. The van der Waals surface area contributed by atoms with E-state index in [0.717, 1.165) is 47.5 Å². The van der Waals surface area contributed by atoms with Crippen LogP contribution >= 0.6 is 23.2 Å². The van der Waals surface area contributed by atoms with Gasteiger partial charge in [0.1, 0.15) is 0 Å². The van der Waals surface area contributed by atoms with Gasteiger partial charge in [-0.2, -0.15) is 9.78 Å². The molecule has 1 aliphatic heterocycles. The van der Waals surface area contributed by atoms with Crippen molar-refractivity contribution < 1.29 is 4.79 Å². The van der Waals surface area contributed by atoms with Gasteiger partial charge in [0.2, 0.25) is 0 Å². The Balaban J connectivity index is 1.24. The van der Waals surface area contributed by atoms with Crippen molar-refractivity contribution in [3.05, 3.63) is 100 Å². The van der Waals surface area contributed by atoms with Crippen molar-refractivity contribution in [3.63, 3.8) is 0 Å². The molecule has 1 amide bonds. The SMILES string of the molecule is Cc1ccccc1-c1cnn(C(=O)N2CCN(Cc3ccc(Cl)cc3-c3ccc(Cl)cc3)CC2)c1. The van der Waals surface area contributed by atoms with Crippen molar-refractivity contribution in [1.29, 1.82) is 0 Å². The fourth-order valence-corrected chi connectivity index (χ4v) is 4.83. The molecular formula is C28H26Cl2N4O. The Bertz CT molecular complexity index is 1340. The van der Waals surface area contributed by atoms with Crippen molar-refractivity contribution in [2.75, 3.05) is 26.2 Å². The standard InChI is InChI=1S/C28H26Cl2N4O/c1-20-4-2-3-5-26(20)23-17-31-34(19-23)28(35)33-14-12-32(13-15-33)18-22-8-11-25(30)16-27(22)21-6-9-24(29)10-7-21/h2-11,16-17,19H,12-15,18H2,1H3. The molecule has 5 nitrogen and oxygen atoms in total. The molecular weight excluding hydrogens is 479 g/mol. The topological polar surface area (TPSA) is 41.4 Å². The second-order valence-electron chi connectivity index (χ2n) is 8.84. The molecule has 0 saturated carbocycles. The lowest BCUT2D eigenvalue weighted by Gasteiger charge is -2.34. The van der Waals surface area contributed by atoms with Gasteiger partial charge in [-0.05, 0) is 59.0 Å².